The van der Waals surface area contributed by atoms with Gasteiger partial charge < -0.3 is 14.6 Å². The number of furan rings is 1. The number of benzene rings is 1. The monoisotopic (exact) mass is 341 g/mol. The molecule has 0 spiro atoms. The molecule has 6 heteroatoms. The SMILES string of the molecule is Cc1c([C@@H](C)NC(=O)N(C)Cc2ccncc2)oc2ccc(F)cc12. The summed E-state index contributed by atoms with van der Waals surface area (Å²) in [6, 6.07) is 7.60. The van der Waals surface area contributed by atoms with E-state index in [1.807, 2.05) is 26.0 Å². The minimum absolute atomic E-state index is 0.213. The summed E-state index contributed by atoms with van der Waals surface area (Å²) in [5, 5.41) is 3.64. The van der Waals surface area contributed by atoms with Gasteiger partial charge in [-0.05, 0) is 49.7 Å². The molecule has 1 aromatic carbocycles. The normalized spacial score (nSPS) is 12.2. The highest BCUT2D eigenvalue weighted by atomic mass is 19.1. The largest absolute Gasteiger partial charge is 0.459 e. The van der Waals surface area contributed by atoms with E-state index >= 15 is 0 Å². The van der Waals surface area contributed by atoms with Crippen LogP contribution in [0.1, 0.15) is 29.9 Å². The summed E-state index contributed by atoms with van der Waals surface area (Å²) in [4.78, 5) is 18.0. The minimum Gasteiger partial charge on any atom is -0.459 e. The Morgan fingerprint density at radius 3 is 2.76 bits per heavy atom. The number of rotatable bonds is 4. The first kappa shape index (κ1) is 17.0. The molecule has 3 aromatic rings. The van der Waals surface area contributed by atoms with Gasteiger partial charge in [0.05, 0.1) is 6.04 Å². The van der Waals surface area contributed by atoms with Gasteiger partial charge in [-0.15, -0.1) is 0 Å². The van der Waals surface area contributed by atoms with Crippen molar-refractivity contribution in [2.24, 2.45) is 0 Å². The molecule has 5 nitrogen and oxygen atoms in total. The molecule has 1 atom stereocenters. The Kier molecular flexibility index (Phi) is 4.70. The molecule has 0 fully saturated rings. The van der Waals surface area contributed by atoms with Crippen LogP contribution in [-0.4, -0.2) is 23.0 Å². The molecule has 2 aromatic heterocycles. The zero-order valence-electron chi connectivity index (χ0n) is 14.4. The molecule has 130 valence electrons. The minimum atomic E-state index is -0.331. The van der Waals surface area contributed by atoms with E-state index in [1.165, 1.54) is 12.1 Å². The van der Waals surface area contributed by atoms with E-state index in [4.69, 9.17) is 4.42 Å². The second-order valence-electron chi connectivity index (χ2n) is 6.11. The van der Waals surface area contributed by atoms with Crippen LogP contribution in [0.2, 0.25) is 0 Å². The Balaban J connectivity index is 1.72. The molecule has 2 heterocycles. The zero-order chi connectivity index (χ0) is 18.0. The molecular formula is C19H20FN3O2. The van der Waals surface area contributed by atoms with Crippen molar-refractivity contribution >= 4 is 17.0 Å². The van der Waals surface area contributed by atoms with Gasteiger partial charge in [0.15, 0.2) is 0 Å². The first-order valence-electron chi connectivity index (χ1n) is 8.05. The van der Waals surface area contributed by atoms with Gasteiger partial charge in [-0.1, -0.05) is 0 Å². The predicted molar refractivity (Wildman–Crippen MR) is 93.6 cm³/mol. The maximum absolute atomic E-state index is 13.4. The van der Waals surface area contributed by atoms with Crippen LogP contribution in [0.25, 0.3) is 11.0 Å². The average molecular weight is 341 g/mol. The summed E-state index contributed by atoms with van der Waals surface area (Å²) in [5.74, 6) is 0.322. The lowest BCUT2D eigenvalue weighted by Crippen LogP contribution is -2.38. The van der Waals surface area contributed by atoms with E-state index in [0.717, 1.165) is 16.5 Å². The van der Waals surface area contributed by atoms with Crippen molar-refractivity contribution in [3.63, 3.8) is 0 Å². The van der Waals surface area contributed by atoms with Crippen molar-refractivity contribution in [3.8, 4) is 0 Å². The van der Waals surface area contributed by atoms with E-state index in [1.54, 1.807) is 30.4 Å². The van der Waals surface area contributed by atoms with Gasteiger partial charge in [-0.3, -0.25) is 4.98 Å². The fraction of sp³-hybridized carbons (Fsp3) is 0.263. The Morgan fingerprint density at radius 2 is 2.04 bits per heavy atom. The molecule has 0 radical (unpaired) electrons. The van der Waals surface area contributed by atoms with Crippen molar-refractivity contribution in [3.05, 3.63) is 65.4 Å². The van der Waals surface area contributed by atoms with Gasteiger partial charge in [0.25, 0.3) is 0 Å². The van der Waals surface area contributed by atoms with Crippen LogP contribution in [0.15, 0.2) is 47.1 Å². The lowest BCUT2D eigenvalue weighted by molar-refractivity contribution is 0.202. The Labute approximate surface area is 145 Å². The molecule has 0 saturated heterocycles. The van der Waals surface area contributed by atoms with Gasteiger partial charge in [-0.2, -0.15) is 0 Å². The second kappa shape index (κ2) is 6.93. The lowest BCUT2D eigenvalue weighted by Gasteiger charge is -2.21. The maximum atomic E-state index is 13.4. The quantitative estimate of drug-likeness (QED) is 0.774. The Morgan fingerprint density at radius 1 is 1.32 bits per heavy atom. The van der Waals surface area contributed by atoms with Crippen LogP contribution in [0.5, 0.6) is 0 Å². The van der Waals surface area contributed by atoms with Crippen molar-refractivity contribution in [1.82, 2.24) is 15.2 Å². The molecule has 0 aliphatic heterocycles. The van der Waals surface area contributed by atoms with E-state index < -0.39 is 0 Å². The summed E-state index contributed by atoms with van der Waals surface area (Å²) >= 11 is 0. The van der Waals surface area contributed by atoms with E-state index in [0.29, 0.717) is 17.9 Å². The molecule has 0 saturated carbocycles. The van der Waals surface area contributed by atoms with Crippen LogP contribution < -0.4 is 5.32 Å². The van der Waals surface area contributed by atoms with E-state index in [2.05, 4.69) is 10.3 Å². The smallest absolute Gasteiger partial charge is 0.318 e. The third kappa shape index (κ3) is 3.63. The number of pyridine rings is 1. The van der Waals surface area contributed by atoms with Gasteiger partial charge >= 0.3 is 6.03 Å². The van der Waals surface area contributed by atoms with Crippen LogP contribution >= 0.6 is 0 Å². The van der Waals surface area contributed by atoms with Gasteiger partial charge in [-0.25, -0.2) is 9.18 Å². The fourth-order valence-electron chi connectivity index (χ4n) is 2.82. The molecule has 0 aliphatic carbocycles. The molecular weight excluding hydrogens is 321 g/mol. The Bertz CT molecular complexity index is 892. The number of nitrogens with one attached hydrogen (secondary N) is 1. The standard InChI is InChI=1S/C19H20FN3O2/c1-12-16-10-15(20)4-5-17(16)25-18(12)13(2)22-19(24)23(3)11-14-6-8-21-9-7-14/h4-10,13H,11H2,1-3H3,(H,22,24)/t13-/m1/s1. The number of hydrogen-bond acceptors (Lipinski definition) is 3. The number of halogens is 1. The number of urea groups is 1. The second-order valence-corrected chi connectivity index (χ2v) is 6.11. The van der Waals surface area contributed by atoms with Crippen LogP contribution in [0, 0.1) is 12.7 Å². The number of amides is 2. The van der Waals surface area contributed by atoms with Crippen molar-refractivity contribution < 1.29 is 13.6 Å². The van der Waals surface area contributed by atoms with Crippen LogP contribution in [0.3, 0.4) is 0 Å². The lowest BCUT2D eigenvalue weighted by atomic mass is 10.1. The molecule has 0 bridgehead atoms. The van der Waals surface area contributed by atoms with E-state index in [-0.39, 0.29) is 17.9 Å². The third-order valence-corrected chi connectivity index (χ3v) is 4.18. The molecule has 1 N–H and O–H groups in total. The summed E-state index contributed by atoms with van der Waals surface area (Å²) in [6.07, 6.45) is 3.39. The van der Waals surface area contributed by atoms with Crippen molar-refractivity contribution in [2.45, 2.75) is 26.4 Å². The molecule has 2 amide bonds. The average Bonchev–Trinajstić information content (AvgIpc) is 2.92. The Hall–Kier alpha value is -2.89. The van der Waals surface area contributed by atoms with Crippen molar-refractivity contribution in [2.75, 3.05) is 7.05 Å². The summed E-state index contributed by atoms with van der Waals surface area (Å²) in [6.45, 7) is 4.19. The summed E-state index contributed by atoms with van der Waals surface area (Å²) in [7, 11) is 1.73. The number of aryl methyl sites for hydroxylation is 1. The topological polar surface area (TPSA) is 58.4 Å². The predicted octanol–water partition coefficient (Wildman–Crippen LogP) is 4.18. The number of carbonyl (C=O) groups is 1. The maximum Gasteiger partial charge on any atom is 0.318 e. The molecule has 0 aliphatic rings. The summed E-state index contributed by atoms with van der Waals surface area (Å²) in [5.41, 5.74) is 2.44. The fourth-order valence-corrected chi connectivity index (χ4v) is 2.82. The van der Waals surface area contributed by atoms with Gasteiger partial charge in [0.2, 0.25) is 0 Å². The highest BCUT2D eigenvalue weighted by Crippen LogP contribution is 2.30. The molecule has 0 unspecified atom stereocenters. The third-order valence-electron chi connectivity index (χ3n) is 4.18. The molecule has 3 rings (SSSR count). The number of nitrogens with zero attached hydrogens (tertiary/aromatic N) is 2. The first-order chi connectivity index (χ1) is 12.0. The highest BCUT2D eigenvalue weighted by Gasteiger charge is 2.20. The van der Waals surface area contributed by atoms with Gasteiger partial charge in [0.1, 0.15) is 17.2 Å². The molecule has 25 heavy (non-hydrogen) atoms. The van der Waals surface area contributed by atoms with Crippen molar-refractivity contribution in [1.29, 1.82) is 0 Å². The number of carbonyl (C=O) groups excluding carboxylic acids is 1. The van der Waals surface area contributed by atoms with Crippen LogP contribution in [0.4, 0.5) is 9.18 Å². The van der Waals surface area contributed by atoms with E-state index in [9.17, 15) is 9.18 Å². The zero-order valence-corrected chi connectivity index (χ0v) is 14.4. The highest BCUT2D eigenvalue weighted by molar-refractivity contribution is 5.82. The number of aromatic nitrogens is 1. The number of hydrogen-bond donors (Lipinski definition) is 1. The first-order valence-corrected chi connectivity index (χ1v) is 8.05. The van der Waals surface area contributed by atoms with Crippen LogP contribution in [-0.2, 0) is 6.54 Å². The number of fused-ring (bicyclic) bond motifs is 1. The van der Waals surface area contributed by atoms with Gasteiger partial charge in [0, 0.05) is 36.9 Å². The summed E-state index contributed by atoms with van der Waals surface area (Å²) < 4.78 is 19.2.